The van der Waals surface area contributed by atoms with Gasteiger partial charge in [0, 0.05) is 59.0 Å². The molecule has 1 fully saturated rings. The van der Waals surface area contributed by atoms with Gasteiger partial charge in [-0.25, -0.2) is 9.37 Å². The summed E-state index contributed by atoms with van der Waals surface area (Å²) in [6, 6.07) is 19.7. The Balaban J connectivity index is 0.959. The highest BCUT2D eigenvalue weighted by Gasteiger charge is 2.42. The number of aromatic nitrogens is 4. The number of ether oxygens (including phenoxy) is 3. The summed E-state index contributed by atoms with van der Waals surface area (Å²) in [6.07, 6.45) is 4.09. The average molecular weight is 768 g/mol. The van der Waals surface area contributed by atoms with Crippen LogP contribution in [-0.4, -0.2) is 55.9 Å². The number of anilines is 1. The van der Waals surface area contributed by atoms with Crippen LogP contribution < -0.4 is 14.8 Å². The van der Waals surface area contributed by atoms with Crippen LogP contribution in [-0.2, 0) is 23.6 Å². The Bertz CT molecular complexity index is 2510. The highest BCUT2D eigenvalue weighted by Crippen LogP contribution is 2.49. The smallest absolute Gasteiger partial charge is 0.278 e. The van der Waals surface area contributed by atoms with E-state index in [9.17, 15) is 9.18 Å². The lowest BCUT2D eigenvalue weighted by Crippen LogP contribution is -2.37. The minimum absolute atomic E-state index is 0.120. The lowest BCUT2D eigenvalue weighted by atomic mass is 9.94. The molecule has 2 N–H and O–H groups in total. The van der Waals surface area contributed by atoms with E-state index >= 15 is 0 Å². The van der Waals surface area contributed by atoms with Crippen LogP contribution in [0.2, 0.25) is 10.0 Å². The Labute approximate surface area is 320 Å². The van der Waals surface area contributed by atoms with Crippen molar-refractivity contribution < 1.29 is 23.4 Å². The number of aromatic amines is 1. The third-order valence-corrected chi connectivity index (χ3v) is 11.3. The quantitative estimate of drug-likeness (QED) is 0.159. The van der Waals surface area contributed by atoms with Gasteiger partial charge in [0.1, 0.15) is 17.2 Å². The number of para-hydroxylation sites is 1. The van der Waals surface area contributed by atoms with Crippen LogP contribution in [0.25, 0.3) is 27.5 Å². The zero-order chi connectivity index (χ0) is 37.3. The number of nitrogens with zero attached hydrogens (tertiary/aromatic N) is 4. The van der Waals surface area contributed by atoms with Gasteiger partial charge >= 0.3 is 0 Å². The van der Waals surface area contributed by atoms with Crippen molar-refractivity contribution in [1.29, 1.82) is 0 Å². The number of carbonyl (C=O) groups is 1. The van der Waals surface area contributed by atoms with E-state index in [1.807, 2.05) is 49.4 Å². The van der Waals surface area contributed by atoms with Gasteiger partial charge in [0.2, 0.25) is 0 Å². The molecule has 3 aliphatic rings. The molecular formula is C41H37Cl2FN6O4. The molecule has 54 heavy (non-hydrogen) atoms. The van der Waals surface area contributed by atoms with E-state index in [1.165, 1.54) is 6.07 Å². The van der Waals surface area contributed by atoms with E-state index in [-0.39, 0.29) is 23.6 Å². The minimum Gasteiger partial charge on any atom is -0.444 e. The SMILES string of the molecule is Cc1[nH]nc2c(Cl)cc(NC(=O)c3ccc4c(c3)nc(CN3CC=C(c5cccc6c5OC(C)(c5ccc(Cl)cc5F)O6)C[C@@H]3C)n4C[C@@H]3CCO3)cc12. The van der Waals surface area contributed by atoms with Crippen molar-refractivity contribution in [2.45, 2.75) is 64.6 Å². The van der Waals surface area contributed by atoms with Crippen LogP contribution in [0.5, 0.6) is 11.5 Å². The maximum absolute atomic E-state index is 15.0. The average Bonchev–Trinajstić information content (AvgIpc) is 3.79. The molecule has 1 unspecified atom stereocenters. The van der Waals surface area contributed by atoms with Crippen LogP contribution in [0.3, 0.4) is 0 Å². The minimum atomic E-state index is -1.33. The Morgan fingerprint density at radius 3 is 2.74 bits per heavy atom. The molecule has 3 atom stereocenters. The summed E-state index contributed by atoms with van der Waals surface area (Å²) in [7, 11) is 0. The lowest BCUT2D eigenvalue weighted by molar-refractivity contribution is -0.0708. The van der Waals surface area contributed by atoms with Gasteiger partial charge in [0.15, 0.2) is 11.5 Å². The van der Waals surface area contributed by atoms with Crippen molar-refractivity contribution in [3.63, 3.8) is 0 Å². The molecule has 0 bridgehead atoms. The number of imidazole rings is 1. The van der Waals surface area contributed by atoms with Crippen molar-refractivity contribution in [3.8, 4) is 11.5 Å². The number of benzene rings is 4. The van der Waals surface area contributed by atoms with Gasteiger partial charge in [-0.15, -0.1) is 0 Å². The van der Waals surface area contributed by atoms with E-state index in [0.29, 0.717) is 57.9 Å². The summed E-state index contributed by atoms with van der Waals surface area (Å²) in [6.45, 7) is 8.57. The first-order chi connectivity index (χ1) is 26.0. The number of H-pyrrole nitrogens is 1. The van der Waals surface area contributed by atoms with E-state index in [0.717, 1.165) is 58.5 Å². The first-order valence-corrected chi connectivity index (χ1v) is 18.7. The van der Waals surface area contributed by atoms with Crippen LogP contribution in [0.1, 0.15) is 59.7 Å². The van der Waals surface area contributed by atoms with E-state index in [1.54, 1.807) is 25.1 Å². The fourth-order valence-corrected chi connectivity index (χ4v) is 8.08. The van der Waals surface area contributed by atoms with Crippen molar-refractivity contribution in [2.24, 2.45) is 0 Å². The van der Waals surface area contributed by atoms with Crippen molar-refractivity contribution in [3.05, 3.63) is 117 Å². The number of amides is 1. The third-order valence-electron chi connectivity index (χ3n) is 10.7. The summed E-state index contributed by atoms with van der Waals surface area (Å²) >= 11 is 12.5. The number of rotatable bonds is 8. The Kier molecular flexibility index (Phi) is 8.65. The summed E-state index contributed by atoms with van der Waals surface area (Å²) in [5.74, 6) is 0.00779. The molecule has 1 saturated heterocycles. The molecular weight excluding hydrogens is 730 g/mol. The van der Waals surface area contributed by atoms with Crippen LogP contribution in [0, 0.1) is 12.7 Å². The molecule has 5 heterocycles. The normalized spacial score (nSPS) is 21.0. The van der Waals surface area contributed by atoms with Gasteiger partial charge in [0.05, 0.1) is 40.8 Å². The van der Waals surface area contributed by atoms with Crippen molar-refractivity contribution >= 4 is 62.3 Å². The van der Waals surface area contributed by atoms with E-state index < -0.39 is 11.6 Å². The van der Waals surface area contributed by atoms with E-state index in [2.05, 4.69) is 38.0 Å². The van der Waals surface area contributed by atoms with Crippen LogP contribution in [0.4, 0.5) is 10.1 Å². The fraction of sp³-hybridized carbons (Fsp3) is 0.293. The highest BCUT2D eigenvalue weighted by atomic mass is 35.5. The first kappa shape index (κ1) is 34.8. The topological polar surface area (TPSA) is 107 Å². The largest absolute Gasteiger partial charge is 0.444 e. The van der Waals surface area contributed by atoms with E-state index in [4.69, 9.17) is 42.4 Å². The standard InChI is InChI=1S/C41H37Cl2FN6O4/c1-22-15-24(29-5-4-6-36-39(29)54-41(3,53-36)31-9-8-26(42)17-33(31)44)11-13-49(22)21-37-46-34-16-25(7-10-35(34)50(37)20-28-12-14-52-28)40(51)45-27-18-30-23(2)47-48-38(30)32(43)19-27/h4-11,16-19,22,28H,12-15,20-21H2,1-3H3,(H,45,51)(H,47,48)/t22-,28-,41?/m0/s1. The molecule has 0 radical (unpaired) electrons. The summed E-state index contributed by atoms with van der Waals surface area (Å²) in [4.78, 5) is 21.0. The molecule has 6 aromatic rings. The zero-order valence-corrected chi connectivity index (χ0v) is 31.4. The Morgan fingerprint density at radius 2 is 1.96 bits per heavy atom. The maximum Gasteiger partial charge on any atom is 0.278 e. The number of nitrogens with one attached hydrogen (secondary N) is 2. The molecule has 0 spiro atoms. The number of fused-ring (bicyclic) bond motifs is 3. The summed E-state index contributed by atoms with van der Waals surface area (Å²) < 4.78 is 35.7. The molecule has 10 nitrogen and oxygen atoms in total. The molecule has 4 aromatic carbocycles. The predicted molar refractivity (Wildman–Crippen MR) is 207 cm³/mol. The second kappa shape index (κ2) is 13.4. The first-order valence-electron chi connectivity index (χ1n) is 18.0. The number of aryl methyl sites for hydroxylation is 1. The van der Waals surface area contributed by atoms with Gasteiger partial charge in [-0.3, -0.25) is 14.8 Å². The molecule has 2 aromatic heterocycles. The molecule has 276 valence electrons. The second-order valence-electron chi connectivity index (χ2n) is 14.4. The molecule has 13 heteroatoms. The fourth-order valence-electron chi connectivity index (χ4n) is 7.66. The van der Waals surface area contributed by atoms with Crippen LogP contribution in [0.15, 0.2) is 72.8 Å². The molecule has 3 aliphatic heterocycles. The van der Waals surface area contributed by atoms with Gasteiger partial charge < -0.3 is 24.1 Å². The van der Waals surface area contributed by atoms with Gasteiger partial charge in [-0.2, -0.15) is 5.10 Å². The molecule has 0 saturated carbocycles. The monoisotopic (exact) mass is 766 g/mol. The maximum atomic E-state index is 15.0. The van der Waals surface area contributed by atoms with Crippen molar-refractivity contribution in [1.82, 2.24) is 24.6 Å². The van der Waals surface area contributed by atoms with Gasteiger partial charge in [-0.05, 0) is 86.9 Å². The predicted octanol–water partition coefficient (Wildman–Crippen LogP) is 9.03. The molecule has 9 rings (SSSR count). The number of carbonyl (C=O) groups excluding carboxylic acids is 1. The van der Waals surface area contributed by atoms with Crippen molar-refractivity contribution in [2.75, 3.05) is 18.5 Å². The Morgan fingerprint density at radius 1 is 1.11 bits per heavy atom. The number of hydrogen-bond acceptors (Lipinski definition) is 7. The Hall–Kier alpha value is -4.94. The van der Waals surface area contributed by atoms with Gasteiger partial charge in [0.25, 0.3) is 11.7 Å². The number of halogens is 3. The van der Waals surface area contributed by atoms with Crippen LogP contribution >= 0.6 is 23.2 Å². The van der Waals surface area contributed by atoms with Gasteiger partial charge in [-0.1, -0.05) is 41.4 Å². The highest BCUT2D eigenvalue weighted by molar-refractivity contribution is 6.35. The zero-order valence-electron chi connectivity index (χ0n) is 29.9. The molecule has 0 aliphatic carbocycles. The third kappa shape index (κ3) is 6.18. The second-order valence-corrected chi connectivity index (χ2v) is 15.2. The lowest BCUT2D eigenvalue weighted by Gasteiger charge is -2.34. The summed E-state index contributed by atoms with van der Waals surface area (Å²) in [5, 5.41) is 11.8. The summed E-state index contributed by atoms with van der Waals surface area (Å²) in [5.41, 5.74) is 6.66. The number of hydrogen-bond donors (Lipinski definition) is 2. The molecule has 1 amide bonds.